The molecule has 34 heavy (non-hydrogen) atoms. The van der Waals surface area contributed by atoms with Crippen LogP contribution in [0.15, 0.2) is 64.5 Å². The predicted molar refractivity (Wildman–Crippen MR) is 131 cm³/mol. The predicted octanol–water partition coefficient (Wildman–Crippen LogP) is 2.68. The molecule has 0 bridgehead atoms. The van der Waals surface area contributed by atoms with Crippen molar-refractivity contribution in [2.24, 2.45) is 0 Å². The monoisotopic (exact) mass is 496 g/mol. The van der Waals surface area contributed by atoms with Gasteiger partial charge in [0.25, 0.3) is 5.56 Å². The molecule has 1 saturated heterocycles. The molecule has 0 aliphatic carbocycles. The maximum Gasteiger partial charge on any atom is 0.272 e. The summed E-state index contributed by atoms with van der Waals surface area (Å²) in [5.74, 6) is 0.656. The van der Waals surface area contributed by atoms with E-state index in [0.29, 0.717) is 52.8 Å². The number of nitrogens with zero attached hydrogens (tertiary/aromatic N) is 5. The fourth-order valence-corrected chi connectivity index (χ4v) is 5.48. The molecule has 1 unspecified atom stereocenters. The van der Waals surface area contributed by atoms with Gasteiger partial charge in [-0.05, 0) is 31.2 Å². The van der Waals surface area contributed by atoms with Crippen LogP contribution in [0.1, 0.15) is 6.92 Å². The van der Waals surface area contributed by atoms with Gasteiger partial charge < -0.3 is 19.3 Å². The van der Waals surface area contributed by atoms with E-state index in [0.717, 1.165) is 6.41 Å². The summed E-state index contributed by atoms with van der Waals surface area (Å²) in [6.07, 6.45) is 4.13. The number of anilines is 1. The van der Waals surface area contributed by atoms with Gasteiger partial charge in [-0.15, -0.1) is 3.97 Å². The van der Waals surface area contributed by atoms with Crippen LogP contribution in [0.4, 0.5) is 5.82 Å². The Balaban J connectivity index is 1.62. The Bertz CT molecular complexity index is 1410. The summed E-state index contributed by atoms with van der Waals surface area (Å²) in [7, 11) is 0. The molecule has 0 spiro atoms. The third-order valence-corrected chi connectivity index (χ3v) is 7.49. The third-order valence-electron chi connectivity index (χ3n) is 5.84. The number of carbonyl (C=O) groups is 1. The van der Waals surface area contributed by atoms with Gasteiger partial charge in [0, 0.05) is 42.8 Å². The summed E-state index contributed by atoms with van der Waals surface area (Å²) in [6.45, 7) is 3.46. The standard InChI is InChI=1S/C23H21ClN6O3S/c1-15-12-28(14-31)10-11-29(15)22-19(24)23(32)27-20(26-22)18-13-30(21-17(18)8-5-9-25-21)34(33)16-6-3-2-4-7-16/h2-9,13-15H,10-12H2,1H3,(H,26,27,32)/t15-,34?/m0/s1. The zero-order chi connectivity index (χ0) is 23.8. The minimum atomic E-state index is -1.55. The zero-order valence-electron chi connectivity index (χ0n) is 18.2. The van der Waals surface area contributed by atoms with Crippen LogP contribution < -0.4 is 10.5 Å². The third kappa shape index (κ3) is 3.93. The van der Waals surface area contributed by atoms with Gasteiger partial charge in [-0.3, -0.25) is 9.59 Å². The number of piperazine rings is 1. The first-order valence-corrected chi connectivity index (χ1v) is 12.2. The average Bonchev–Trinajstić information content (AvgIpc) is 3.25. The van der Waals surface area contributed by atoms with Crippen molar-refractivity contribution >= 4 is 46.2 Å². The number of hydrogen-bond donors (Lipinski definition) is 1. The molecule has 1 aliphatic heterocycles. The van der Waals surface area contributed by atoms with Crippen molar-refractivity contribution in [3.8, 4) is 11.4 Å². The molecule has 2 atom stereocenters. The van der Waals surface area contributed by atoms with Crippen LogP contribution in [0.2, 0.25) is 5.02 Å². The normalized spacial score (nSPS) is 17.2. The van der Waals surface area contributed by atoms with E-state index < -0.39 is 16.9 Å². The molecule has 174 valence electrons. The highest BCUT2D eigenvalue weighted by atomic mass is 35.5. The van der Waals surface area contributed by atoms with Gasteiger partial charge in [0.05, 0.1) is 6.20 Å². The molecular weight excluding hydrogens is 476 g/mol. The number of pyridine rings is 1. The Hall–Kier alpha value is -3.34. The summed E-state index contributed by atoms with van der Waals surface area (Å²) < 4.78 is 14.9. The molecule has 1 aromatic carbocycles. The first kappa shape index (κ1) is 22.5. The molecule has 1 amide bonds. The van der Waals surface area contributed by atoms with Crippen molar-refractivity contribution in [1.82, 2.24) is 23.8 Å². The SMILES string of the molecule is C[C@H]1CN(C=O)CCN1c1nc(-c2cn([S+]([O-])c3ccccc3)c3ncccc23)[nH]c(=O)c1Cl. The largest absolute Gasteiger partial charge is 0.587 e. The molecule has 5 rings (SSSR count). The summed E-state index contributed by atoms with van der Waals surface area (Å²) in [4.78, 5) is 40.1. The van der Waals surface area contributed by atoms with Crippen LogP contribution in [0.25, 0.3) is 22.4 Å². The summed E-state index contributed by atoms with van der Waals surface area (Å²) in [5, 5.41) is 0.687. The van der Waals surface area contributed by atoms with E-state index in [2.05, 4.69) is 9.97 Å². The van der Waals surface area contributed by atoms with Gasteiger partial charge in [0.2, 0.25) is 6.41 Å². The van der Waals surface area contributed by atoms with Gasteiger partial charge in [-0.25, -0.2) is 9.97 Å². The van der Waals surface area contributed by atoms with Crippen molar-refractivity contribution < 1.29 is 9.35 Å². The number of aromatic nitrogens is 4. The summed E-state index contributed by atoms with van der Waals surface area (Å²) >= 11 is 4.83. The number of carbonyl (C=O) groups excluding carboxylic acids is 1. The minimum absolute atomic E-state index is 0.00937. The zero-order valence-corrected chi connectivity index (χ0v) is 19.8. The van der Waals surface area contributed by atoms with E-state index in [1.54, 1.807) is 39.5 Å². The Labute approximate surface area is 203 Å². The van der Waals surface area contributed by atoms with E-state index in [1.165, 1.54) is 0 Å². The topological polar surface area (TPSA) is 110 Å². The number of H-pyrrole nitrogens is 1. The second-order valence-corrected chi connectivity index (χ2v) is 9.74. The Morgan fingerprint density at radius 2 is 2.00 bits per heavy atom. The Morgan fingerprint density at radius 3 is 2.74 bits per heavy atom. The fourth-order valence-electron chi connectivity index (χ4n) is 4.16. The number of benzene rings is 1. The first-order chi connectivity index (χ1) is 16.5. The molecule has 1 N–H and O–H groups in total. The van der Waals surface area contributed by atoms with E-state index in [9.17, 15) is 14.1 Å². The highest BCUT2D eigenvalue weighted by Crippen LogP contribution is 2.32. The summed E-state index contributed by atoms with van der Waals surface area (Å²) in [6, 6.07) is 12.6. The van der Waals surface area contributed by atoms with E-state index in [-0.39, 0.29) is 11.1 Å². The number of nitrogens with one attached hydrogen (secondary N) is 1. The van der Waals surface area contributed by atoms with Crippen LogP contribution in [0, 0.1) is 0 Å². The van der Waals surface area contributed by atoms with Crippen molar-refractivity contribution in [3.05, 3.63) is 70.2 Å². The molecule has 0 radical (unpaired) electrons. The number of rotatable bonds is 5. The van der Waals surface area contributed by atoms with Crippen molar-refractivity contribution in [2.45, 2.75) is 17.9 Å². The van der Waals surface area contributed by atoms with E-state index in [4.69, 9.17) is 16.6 Å². The molecule has 11 heteroatoms. The van der Waals surface area contributed by atoms with Crippen LogP contribution in [0.3, 0.4) is 0 Å². The van der Waals surface area contributed by atoms with Crippen LogP contribution in [-0.2, 0) is 16.2 Å². The number of aromatic amines is 1. The van der Waals surface area contributed by atoms with Gasteiger partial charge in [-0.2, -0.15) is 0 Å². The first-order valence-electron chi connectivity index (χ1n) is 10.7. The Morgan fingerprint density at radius 1 is 1.21 bits per heavy atom. The van der Waals surface area contributed by atoms with Gasteiger partial charge in [-0.1, -0.05) is 29.8 Å². The molecule has 1 fully saturated rings. The molecule has 0 saturated carbocycles. The van der Waals surface area contributed by atoms with Crippen LogP contribution in [0.5, 0.6) is 0 Å². The quantitative estimate of drug-likeness (QED) is 0.336. The smallest absolute Gasteiger partial charge is 0.272 e. The number of amides is 1. The molecule has 1 aliphatic rings. The minimum Gasteiger partial charge on any atom is -0.587 e. The van der Waals surface area contributed by atoms with Crippen molar-refractivity contribution in [2.75, 3.05) is 24.5 Å². The van der Waals surface area contributed by atoms with Gasteiger partial charge >= 0.3 is 0 Å². The van der Waals surface area contributed by atoms with Crippen molar-refractivity contribution in [1.29, 1.82) is 0 Å². The highest BCUT2D eigenvalue weighted by molar-refractivity contribution is 7.90. The lowest BCUT2D eigenvalue weighted by Crippen LogP contribution is -2.52. The summed E-state index contributed by atoms with van der Waals surface area (Å²) in [5.41, 5.74) is 0.619. The molecule has 9 nitrogen and oxygen atoms in total. The number of fused-ring (bicyclic) bond motifs is 1. The lowest BCUT2D eigenvalue weighted by Gasteiger charge is -2.39. The highest BCUT2D eigenvalue weighted by Gasteiger charge is 2.28. The average molecular weight is 497 g/mol. The molecule has 3 aromatic heterocycles. The second kappa shape index (κ2) is 9.13. The number of halogens is 1. The second-order valence-electron chi connectivity index (χ2n) is 8.00. The molecule has 4 heterocycles. The molecule has 4 aromatic rings. The fraction of sp³-hybridized carbons (Fsp3) is 0.217. The van der Waals surface area contributed by atoms with Gasteiger partial charge in [0.15, 0.2) is 16.4 Å². The lowest BCUT2D eigenvalue weighted by molar-refractivity contribution is -0.118. The van der Waals surface area contributed by atoms with E-state index >= 15 is 0 Å². The van der Waals surface area contributed by atoms with Gasteiger partial charge in [0.1, 0.15) is 22.2 Å². The lowest BCUT2D eigenvalue weighted by atomic mass is 10.2. The van der Waals surface area contributed by atoms with Crippen molar-refractivity contribution in [3.63, 3.8) is 0 Å². The number of hydrogen-bond acceptors (Lipinski definition) is 6. The van der Waals surface area contributed by atoms with Crippen LogP contribution in [-0.4, -0.2) is 60.5 Å². The van der Waals surface area contributed by atoms with Crippen LogP contribution >= 0.6 is 11.6 Å². The maximum absolute atomic E-state index is 13.3. The maximum atomic E-state index is 13.3. The van der Waals surface area contributed by atoms with E-state index in [1.807, 2.05) is 36.1 Å². The molecular formula is C23H21ClN6O3S. The Kier molecular flexibility index (Phi) is 6.03.